The van der Waals surface area contributed by atoms with Crippen molar-refractivity contribution < 1.29 is 8.42 Å². The third-order valence-electron chi connectivity index (χ3n) is 5.57. The fourth-order valence-electron chi connectivity index (χ4n) is 4.14. The zero-order valence-electron chi connectivity index (χ0n) is 15.3. The Bertz CT molecular complexity index is 834. The minimum atomic E-state index is -3.54. The van der Waals surface area contributed by atoms with Crippen molar-refractivity contribution in [1.29, 1.82) is 0 Å². The van der Waals surface area contributed by atoms with E-state index in [0.717, 1.165) is 38.9 Å². The van der Waals surface area contributed by atoms with Crippen LogP contribution in [-0.4, -0.2) is 44.4 Å². The molecule has 0 aromatic heterocycles. The third-order valence-corrected chi connectivity index (χ3v) is 7.68. The summed E-state index contributed by atoms with van der Waals surface area (Å²) < 4.78 is 26.9. The van der Waals surface area contributed by atoms with Crippen molar-refractivity contribution in [3.63, 3.8) is 0 Å². The van der Waals surface area contributed by atoms with Gasteiger partial charge in [-0.2, -0.15) is 0 Å². The van der Waals surface area contributed by atoms with Gasteiger partial charge in [-0.05, 0) is 68.9 Å². The zero-order chi connectivity index (χ0) is 19.3. The highest BCUT2D eigenvalue weighted by Crippen LogP contribution is 2.35. The number of benzene rings is 1. The van der Waals surface area contributed by atoms with Crippen LogP contribution < -0.4 is 5.32 Å². The summed E-state index contributed by atoms with van der Waals surface area (Å²) in [7, 11) is -3.54. The van der Waals surface area contributed by atoms with Crippen molar-refractivity contribution in [3.05, 3.63) is 34.7 Å². The van der Waals surface area contributed by atoms with Crippen LogP contribution in [0.25, 0.3) is 10.4 Å². The quantitative estimate of drug-likeness (QED) is 0.363. The average molecular weight is 388 g/mol. The van der Waals surface area contributed by atoms with Crippen molar-refractivity contribution >= 4 is 15.5 Å². The Morgan fingerprint density at radius 2 is 1.96 bits per heavy atom. The zero-order valence-corrected chi connectivity index (χ0v) is 16.1. The van der Waals surface area contributed by atoms with E-state index in [2.05, 4.69) is 26.2 Å². The van der Waals surface area contributed by atoms with Crippen LogP contribution in [0.4, 0.5) is 5.69 Å². The largest absolute Gasteiger partial charge is 0.317 e. The summed E-state index contributed by atoms with van der Waals surface area (Å²) in [6.07, 6.45) is 9.52. The molecule has 7 nitrogen and oxygen atoms in total. The molecule has 2 aliphatic rings. The van der Waals surface area contributed by atoms with Crippen molar-refractivity contribution in [2.75, 3.05) is 19.6 Å². The van der Waals surface area contributed by atoms with Crippen LogP contribution in [0.15, 0.2) is 34.3 Å². The molecule has 2 fully saturated rings. The molecule has 1 unspecified atom stereocenters. The second-order valence-corrected chi connectivity index (χ2v) is 9.31. The highest BCUT2D eigenvalue weighted by atomic mass is 32.2. The van der Waals surface area contributed by atoms with Gasteiger partial charge in [0.15, 0.2) is 9.84 Å². The van der Waals surface area contributed by atoms with E-state index in [1.54, 1.807) is 12.1 Å². The molecule has 0 bridgehead atoms. The number of hydrogen-bond donors (Lipinski definition) is 1. The molecule has 3 rings (SSSR count). The van der Waals surface area contributed by atoms with Gasteiger partial charge < -0.3 is 5.32 Å². The molecule has 0 spiro atoms. The third kappa shape index (κ3) is 4.45. The Hall–Kier alpha value is -2.04. The molecule has 0 amide bonds. The van der Waals surface area contributed by atoms with Gasteiger partial charge in [0.2, 0.25) is 0 Å². The number of likely N-dealkylation sites (tertiary alicyclic amines) is 1. The molecule has 0 aliphatic carbocycles. The Balaban J connectivity index is 1.90. The van der Waals surface area contributed by atoms with Gasteiger partial charge in [-0.3, -0.25) is 4.90 Å². The lowest BCUT2D eigenvalue weighted by Crippen LogP contribution is -2.54. The Labute approximate surface area is 160 Å². The lowest BCUT2D eigenvalue weighted by atomic mass is 9.91. The molecule has 2 atom stereocenters. The Kier molecular flexibility index (Phi) is 6.40. The average Bonchev–Trinajstić information content (AvgIpc) is 2.69. The van der Waals surface area contributed by atoms with Crippen molar-refractivity contribution in [2.24, 2.45) is 11.0 Å². The van der Waals surface area contributed by atoms with Crippen molar-refractivity contribution in [3.8, 4) is 12.3 Å². The Morgan fingerprint density at radius 3 is 2.59 bits per heavy atom. The summed E-state index contributed by atoms with van der Waals surface area (Å²) in [5.41, 5.74) is 8.93. The second-order valence-electron chi connectivity index (χ2n) is 7.20. The molecule has 1 N–H and O–H groups in total. The number of hydrogen-bond acceptors (Lipinski definition) is 5. The maximum absolute atomic E-state index is 13.4. The van der Waals surface area contributed by atoms with Crippen LogP contribution in [0.1, 0.15) is 32.1 Å². The number of rotatable bonds is 5. The number of azide groups is 1. The van der Waals surface area contributed by atoms with E-state index in [-0.39, 0.29) is 16.9 Å². The first-order valence-electron chi connectivity index (χ1n) is 9.35. The maximum atomic E-state index is 13.4. The number of nitrogens with zero attached hydrogens (tertiary/aromatic N) is 4. The number of piperidine rings is 2. The smallest absolute Gasteiger partial charge is 0.194 e. The summed E-state index contributed by atoms with van der Waals surface area (Å²) >= 11 is 0. The lowest BCUT2D eigenvalue weighted by molar-refractivity contribution is 0.0905. The van der Waals surface area contributed by atoms with Crippen LogP contribution in [0.2, 0.25) is 0 Å². The first-order valence-corrected chi connectivity index (χ1v) is 10.9. The van der Waals surface area contributed by atoms with Crippen LogP contribution in [-0.2, 0) is 9.84 Å². The molecule has 27 heavy (non-hydrogen) atoms. The summed E-state index contributed by atoms with van der Waals surface area (Å²) in [4.78, 5) is 5.19. The summed E-state index contributed by atoms with van der Waals surface area (Å²) in [5.74, 6) is 2.93. The van der Waals surface area contributed by atoms with Gasteiger partial charge in [0.1, 0.15) is 5.37 Å². The number of sulfone groups is 1. The lowest BCUT2D eigenvalue weighted by Gasteiger charge is -2.44. The van der Waals surface area contributed by atoms with Gasteiger partial charge in [-0.15, -0.1) is 12.3 Å². The molecule has 0 saturated carbocycles. The first kappa shape index (κ1) is 19.7. The van der Waals surface area contributed by atoms with Crippen molar-refractivity contribution in [2.45, 2.75) is 48.4 Å². The fourth-order valence-corrected chi connectivity index (χ4v) is 6.13. The topological polar surface area (TPSA) is 98.2 Å². The highest BCUT2D eigenvalue weighted by molar-refractivity contribution is 7.92. The predicted octanol–water partition coefficient (Wildman–Crippen LogP) is 3.22. The minimum Gasteiger partial charge on any atom is -0.317 e. The van der Waals surface area contributed by atoms with Gasteiger partial charge in [-0.1, -0.05) is 17.2 Å². The van der Waals surface area contributed by atoms with Crippen LogP contribution in [0.3, 0.4) is 0 Å². The van der Waals surface area contributed by atoms with Gasteiger partial charge >= 0.3 is 0 Å². The molecule has 144 valence electrons. The van der Waals surface area contributed by atoms with E-state index < -0.39 is 15.2 Å². The van der Waals surface area contributed by atoms with Gasteiger partial charge in [0, 0.05) is 23.1 Å². The standard InChI is InChI=1S/C19H25N5O2S/c1-2-3-15-10-13-24(17-8-11-21-12-9-17)19(14-15)27(25,26)18-6-4-16(5-7-18)22-23-20/h1,4-7,15,17,19,21H,3,8-14H2/t15?,19-/m1/s1. The molecule has 1 aromatic carbocycles. The molecular weight excluding hydrogens is 362 g/mol. The van der Waals surface area contributed by atoms with Crippen molar-refractivity contribution in [1.82, 2.24) is 10.2 Å². The van der Waals surface area contributed by atoms with E-state index in [1.165, 1.54) is 12.1 Å². The molecule has 1 aromatic rings. The molecule has 8 heteroatoms. The van der Waals surface area contributed by atoms with Crippen LogP contribution in [0, 0.1) is 18.3 Å². The van der Waals surface area contributed by atoms with E-state index in [1.807, 2.05) is 0 Å². The summed E-state index contributed by atoms with van der Waals surface area (Å²) in [6, 6.07) is 6.43. The van der Waals surface area contributed by atoms with Crippen LogP contribution in [0.5, 0.6) is 0 Å². The van der Waals surface area contributed by atoms with Gasteiger partial charge in [-0.25, -0.2) is 8.42 Å². The van der Waals surface area contributed by atoms with E-state index in [4.69, 9.17) is 12.0 Å². The number of terminal acetylenes is 1. The second kappa shape index (κ2) is 8.77. The normalized spacial score (nSPS) is 24.7. The summed E-state index contributed by atoms with van der Waals surface area (Å²) in [6.45, 7) is 2.60. The van der Waals surface area contributed by atoms with E-state index >= 15 is 0 Å². The van der Waals surface area contributed by atoms with Crippen LogP contribution >= 0.6 is 0 Å². The molecular formula is C19H25N5O2S. The first-order chi connectivity index (χ1) is 13.1. The Morgan fingerprint density at radius 1 is 1.26 bits per heavy atom. The minimum absolute atomic E-state index is 0.232. The predicted molar refractivity (Wildman–Crippen MR) is 105 cm³/mol. The summed E-state index contributed by atoms with van der Waals surface area (Å²) in [5, 5.41) is 6.30. The van der Waals surface area contributed by atoms with E-state index in [0.29, 0.717) is 18.5 Å². The number of nitrogens with one attached hydrogen (secondary N) is 1. The SMILES string of the molecule is C#CCC1CCN(C2CCNCC2)[C@H](S(=O)(=O)c2ccc(N=[N+]=[N-])cc2)C1. The highest BCUT2D eigenvalue weighted by Gasteiger charge is 2.41. The molecule has 0 radical (unpaired) electrons. The molecule has 2 heterocycles. The van der Waals surface area contributed by atoms with E-state index in [9.17, 15) is 8.42 Å². The van der Waals surface area contributed by atoms with Gasteiger partial charge in [0.05, 0.1) is 4.90 Å². The fraction of sp³-hybridized carbons (Fsp3) is 0.579. The monoisotopic (exact) mass is 387 g/mol. The van der Waals surface area contributed by atoms with Gasteiger partial charge in [0.25, 0.3) is 0 Å². The maximum Gasteiger partial charge on any atom is 0.194 e. The molecule has 2 aliphatic heterocycles. The molecule has 2 saturated heterocycles.